The number of anilines is 1. The molecule has 1 atom stereocenters. The van der Waals surface area contributed by atoms with Crippen LogP contribution in [0, 0.1) is 0 Å². The zero-order valence-electron chi connectivity index (χ0n) is 17.2. The van der Waals surface area contributed by atoms with Crippen molar-refractivity contribution in [3.05, 3.63) is 60.2 Å². The van der Waals surface area contributed by atoms with Crippen LogP contribution in [-0.4, -0.2) is 62.8 Å². The van der Waals surface area contributed by atoms with E-state index in [2.05, 4.69) is 0 Å². The standard InChI is InChI=1S/C21H24F3N3O3S/c1-16(20(28)25(2)18-6-4-3-5-7-18)26-12-14-27(15-13-26)31(29,30)19-10-8-17(9-11-19)21(22,23)24/h3-11,16H,12-15H2,1-2H3/t16-/m0/s1. The summed E-state index contributed by atoms with van der Waals surface area (Å²) in [7, 11) is -2.22. The van der Waals surface area contributed by atoms with Gasteiger partial charge < -0.3 is 4.90 Å². The number of hydrogen-bond donors (Lipinski definition) is 0. The van der Waals surface area contributed by atoms with Crippen molar-refractivity contribution in [2.45, 2.75) is 24.0 Å². The summed E-state index contributed by atoms with van der Waals surface area (Å²) in [5.41, 5.74) is -0.131. The summed E-state index contributed by atoms with van der Waals surface area (Å²) < 4.78 is 65.0. The van der Waals surface area contributed by atoms with E-state index >= 15 is 0 Å². The molecule has 1 heterocycles. The largest absolute Gasteiger partial charge is 0.416 e. The second kappa shape index (κ2) is 8.97. The Balaban J connectivity index is 1.63. The van der Waals surface area contributed by atoms with Gasteiger partial charge in [-0.3, -0.25) is 9.69 Å². The van der Waals surface area contributed by atoms with Crippen molar-refractivity contribution >= 4 is 21.6 Å². The number of para-hydroxylation sites is 1. The van der Waals surface area contributed by atoms with Crippen molar-refractivity contribution in [2.75, 3.05) is 38.1 Å². The number of carbonyl (C=O) groups is 1. The summed E-state index contributed by atoms with van der Waals surface area (Å²) in [5, 5.41) is 0. The van der Waals surface area contributed by atoms with Crippen LogP contribution in [0.15, 0.2) is 59.5 Å². The third-order valence-corrected chi connectivity index (χ3v) is 7.38. The molecule has 0 spiro atoms. The minimum atomic E-state index is -4.52. The Labute approximate surface area is 179 Å². The van der Waals surface area contributed by atoms with Crippen LogP contribution in [0.3, 0.4) is 0 Å². The van der Waals surface area contributed by atoms with E-state index in [-0.39, 0.29) is 23.9 Å². The van der Waals surface area contributed by atoms with Crippen LogP contribution in [-0.2, 0) is 21.0 Å². The molecule has 3 rings (SSSR count). The number of halogens is 3. The van der Waals surface area contributed by atoms with Crippen LogP contribution >= 0.6 is 0 Å². The van der Waals surface area contributed by atoms with Crippen molar-refractivity contribution in [3.63, 3.8) is 0 Å². The molecule has 2 aromatic carbocycles. The molecule has 0 aromatic heterocycles. The fourth-order valence-corrected chi connectivity index (χ4v) is 4.93. The number of nitrogens with zero attached hydrogens (tertiary/aromatic N) is 3. The molecule has 0 N–H and O–H groups in total. The molecule has 10 heteroatoms. The molecule has 1 aliphatic heterocycles. The first-order valence-electron chi connectivity index (χ1n) is 9.76. The molecule has 1 fully saturated rings. The van der Waals surface area contributed by atoms with Crippen molar-refractivity contribution < 1.29 is 26.4 Å². The zero-order valence-corrected chi connectivity index (χ0v) is 18.0. The van der Waals surface area contributed by atoms with Gasteiger partial charge in [-0.1, -0.05) is 18.2 Å². The maximum Gasteiger partial charge on any atom is 0.416 e. The highest BCUT2D eigenvalue weighted by Crippen LogP contribution is 2.30. The molecule has 0 radical (unpaired) electrons. The summed E-state index contributed by atoms with van der Waals surface area (Å²) >= 11 is 0. The first-order chi connectivity index (χ1) is 14.5. The smallest absolute Gasteiger partial charge is 0.314 e. The minimum absolute atomic E-state index is 0.106. The summed E-state index contributed by atoms with van der Waals surface area (Å²) in [5.74, 6) is -0.106. The van der Waals surface area contributed by atoms with Crippen LogP contribution in [0.1, 0.15) is 12.5 Å². The Bertz CT molecular complexity index is 1000. The Kier molecular flexibility index (Phi) is 6.73. The van der Waals surface area contributed by atoms with Gasteiger partial charge in [-0.15, -0.1) is 0 Å². The number of hydrogen-bond acceptors (Lipinski definition) is 4. The van der Waals surface area contributed by atoms with Crippen LogP contribution in [0.4, 0.5) is 18.9 Å². The van der Waals surface area contributed by atoms with Gasteiger partial charge >= 0.3 is 6.18 Å². The molecule has 0 bridgehead atoms. The number of benzene rings is 2. The van der Waals surface area contributed by atoms with Crippen molar-refractivity contribution in [1.82, 2.24) is 9.21 Å². The van der Waals surface area contributed by atoms with E-state index in [1.807, 2.05) is 35.2 Å². The highest BCUT2D eigenvalue weighted by molar-refractivity contribution is 7.89. The van der Waals surface area contributed by atoms with Crippen molar-refractivity contribution in [3.8, 4) is 0 Å². The Morgan fingerprint density at radius 1 is 0.968 bits per heavy atom. The van der Waals surface area contributed by atoms with Gasteiger partial charge in [0.25, 0.3) is 0 Å². The Hall–Kier alpha value is -2.43. The lowest BCUT2D eigenvalue weighted by molar-refractivity contribution is -0.137. The van der Waals surface area contributed by atoms with E-state index < -0.39 is 27.8 Å². The molecule has 2 aromatic rings. The zero-order chi connectivity index (χ0) is 22.8. The van der Waals surface area contributed by atoms with Gasteiger partial charge in [0.15, 0.2) is 0 Å². The molecule has 1 aliphatic rings. The van der Waals surface area contributed by atoms with Gasteiger partial charge in [-0.2, -0.15) is 17.5 Å². The quantitative estimate of drug-likeness (QED) is 0.696. The third-order valence-electron chi connectivity index (χ3n) is 5.47. The molecule has 6 nitrogen and oxygen atoms in total. The first kappa shape index (κ1) is 23.2. The van der Waals surface area contributed by atoms with E-state index in [9.17, 15) is 26.4 Å². The molecule has 1 saturated heterocycles. The van der Waals surface area contributed by atoms with Crippen LogP contribution in [0.25, 0.3) is 0 Å². The lowest BCUT2D eigenvalue weighted by atomic mass is 10.2. The highest BCUT2D eigenvalue weighted by Gasteiger charge is 2.34. The van der Waals surface area contributed by atoms with E-state index in [1.165, 1.54) is 4.31 Å². The predicted molar refractivity (Wildman–Crippen MR) is 111 cm³/mol. The summed E-state index contributed by atoms with van der Waals surface area (Å²) in [6, 6.07) is 12.3. The fraction of sp³-hybridized carbons (Fsp3) is 0.381. The predicted octanol–water partition coefficient (Wildman–Crippen LogP) is 3.06. The van der Waals surface area contributed by atoms with Gasteiger partial charge in [-0.05, 0) is 43.3 Å². The van der Waals surface area contributed by atoms with E-state index in [0.29, 0.717) is 13.1 Å². The molecule has 31 heavy (non-hydrogen) atoms. The number of carbonyl (C=O) groups excluding carboxylic acids is 1. The molecule has 168 valence electrons. The van der Waals surface area contributed by atoms with Gasteiger partial charge in [0.2, 0.25) is 15.9 Å². The topological polar surface area (TPSA) is 60.9 Å². The molecular weight excluding hydrogens is 431 g/mol. The van der Waals surface area contributed by atoms with Gasteiger partial charge in [0.05, 0.1) is 16.5 Å². The summed E-state index contributed by atoms with van der Waals surface area (Å²) in [6.07, 6.45) is -4.52. The maximum atomic E-state index is 12.8. The fourth-order valence-electron chi connectivity index (χ4n) is 3.51. The molecule has 0 aliphatic carbocycles. The van der Waals surface area contributed by atoms with E-state index in [4.69, 9.17) is 0 Å². The number of amides is 1. The maximum absolute atomic E-state index is 12.8. The van der Waals surface area contributed by atoms with Gasteiger partial charge in [0, 0.05) is 38.9 Å². The number of rotatable bonds is 5. The first-order valence-corrected chi connectivity index (χ1v) is 11.2. The van der Waals surface area contributed by atoms with E-state index in [1.54, 1.807) is 18.9 Å². The number of likely N-dealkylation sites (N-methyl/N-ethyl adjacent to an activating group) is 1. The van der Waals surface area contributed by atoms with Crippen molar-refractivity contribution in [1.29, 1.82) is 0 Å². The van der Waals surface area contributed by atoms with Crippen LogP contribution < -0.4 is 4.90 Å². The Morgan fingerprint density at radius 2 is 1.52 bits per heavy atom. The summed E-state index contributed by atoms with van der Waals surface area (Å²) in [6.45, 7) is 2.76. The lowest BCUT2D eigenvalue weighted by Gasteiger charge is -2.37. The number of piperazine rings is 1. The summed E-state index contributed by atoms with van der Waals surface area (Å²) in [4.78, 5) is 16.1. The number of alkyl halides is 3. The SMILES string of the molecule is C[C@@H](C(=O)N(C)c1ccccc1)N1CCN(S(=O)(=O)c2ccc(C(F)(F)F)cc2)CC1. The molecular formula is C21H24F3N3O3S. The molecule has 0 unspecified atom stereocenters. The normalized spacial score (nSPS) is 17.3. The van der Waals surface area contributed by atoms with Gasteiger partial charge in [0.1, 0.15) is 0 Å². The average Bonchev–Trinajstić information content (AvgIpc) is 2.77. The second-order valence-corrected chi connectivity index (χ2v) is 9.31. The third kappa shape index (κ3) is 5.08. The Morgan fingerprint density at radius 3 is 2.03 bits per heavy atom. The second-order valence-electron chi connectivity index (χ2n) is 7.37. The van der Waals surface area contributed by atoms with Gasteiger partial charge in [-0.25, -0.2) is 8.42 Å². The van der Waals surface area contributed by atoms with E-state index in [0.717, 1.165) is 30.0 Å². The molecule has 1 amide bonds. The van der Waals surface area contributed by atoms with Crippen molar-refractivity contribution in [2.24, 2.45) is 0 Å². The number of sulfonamides is 1. The van der Waals surface area contributed by atoms with Crippen LogP contribution in [0.5, 0.6) is 0 Å². The average molecular weight is 456 g/mol. The molecule has 0 saturated carbocycles. The van der Waals surface area contributed by atoms with Crippen LogP contribution in [0.2, 0.25) is 0 Å². The monoisotopic (exact) mass is 455 g/mol. The lowest BCUT2D eigenvalue weighted by Crippen LogP contribution is -2.55. The minimum Gasteiger partial charge on any atom is -0.314 e. The highest BCUT2D eigenvalue weighted by atomic mass is 32.2.